The Bertz CT molecular complexity index is 2020. The summed E-state index contributed by atoms with van der Waals surface area (Å²) in [6.07, 6.45) is -1.42. The summed E-state index contributed by atoms with van der Waals surface area (Å²) in [5, 5.41) is 26.9. The third kappa shape index (κ3) is 8.51. The predicted molar refractivity (Wildman–Crippen MR) is 210 cm³/mol. The molecule has 2 amide bonds. The maximum Gasteiger partial charge on any atom is 0.269 e. The zero-order valence-corrected chi connectivity index (χ0v) is 32.8. The van der Waals surface area contributed by atoms with Gasteiger partial charge in [-0.25, -0.2) is 9.97 Å². The second-order valence-corrected chi connectivity index (χ2v) is 15.1. The molecule has 0 spiro atoms. The van der Waals surface area contributed by atoms with E-state index in [1.165, 1.54) is 40.4 Å². The summed E-state index contributed by atoms with van der Waals surface area (Å²) in [5.74, 6) is 2.65. The number of ether oxygens (including phenoxy) is 4. The normalized spacial score (nSPS) is 23.2. The average molecular weight is 793 g/mol. The Morgan fingerprint density at radius 1 is 0.638 bits per heavy atom. The van der Waals surface area contributed by atoms with Gasteiger partial charge in [0.15, 0.2) is 11.6 Å². The van der Waals surface area contributed by atoms with E-state index in [9.17, 15) is 29.4 Å². The number of carbonyl (C=O) groups excluding carboxylic acids is 4. The van der Waals surface area contributed by atoms with Crippen LogP contribution in [0.1, 0.15) is 89.3 Å². The van der Waals surface area contributed by atoms with E-state index in [1.54, 1.807) is 60.7 Å². The van der Waals surface area contributed by atoms with Crippen LogP contribution < -0.4 is 20.1 Å². The zero-order valence-electron chi connectivity index (χ0n) is 32.8. The molecular formula is C44H48N4O10. The third-order valence-electron chi connectivity index (χ3n) is 11.8. The Labute approximate surface area is 336 Å². The van der Waals surface area contributed by atoms with E-state index >= 15 is 0 Å². The van der Waals surface area contributed by atoms with Crippen molar-refractivity contribution in [3.63, 3.8) is 0 Å². The highest BCUT2D eigenvalue weighted by atomic mass is 16.5. The Kier molecular flexibility index (Phi) is 12.3. The van der Waals surface area contributed by atoms with Crippen LogP contribution in [0.3, 0.4) is 0 Å². The number of Topliss-reactive ketones (excluding diaryl/α,β-unsaturated/α-hetero) is 2. The van der Waals surface area contributed by atoms with E-state index in [2.05, 4.69) is 20.6 Å². The molecule has 2 aromatic heterocycles. The number of methoxy groups -OCH3 is 2. The summed E-state index contributed by atoms with van der Waals surface area (Å²) in [5.41, 5.74) is 2.47. The molecule has 2 unspecified atom stereocenters. The highest BCUT2D eigenvalue weighted by Crippen LogP contribution is 2.54. The number of amides is 2. The van der Waals surface area contributed by atoms with Gasteiger partial charge in [-0.1, -0.05) is 36.4 Å². The molecule has 8 atom stereocenters. The number of carbonyl (C=O) groups is 4. The summed E-state index contributed by atoms with van der Waals surface area (Å²) in [7, 11) is 6.04. The second kappa shape index (κ2) is 17.5. The largest absolute Gasteiger partial charge is 0.496 e. The molecule has 2 aliphatic carbocycles. The van der Waals surface area contributed by atoms with Gasteiger partial charge in [-0.15, -0.1) is 0 Å². The lowest BCUT2D eigenvalue weighted by atomic mass is 9.99. The smallest absolute Gasteiger partial charge is 0.269 e. The molecule has 4 N–H and O–H groups in total. The molecule has 304 valence electrons. The number of hydrogen-bond donors (Lipinski definition) is 4. The minimum Gasteiger partial charge on any atom is -0.496 e. The number of hydrogen-bond acceptors (Lipinski definition) is 12. The number of aliphatic hydroxyl groups is 2. The van der Waals surface area contributed by atoms with Crippen molar-refractivity contribution < 1.29 is 48.3 Å². The van der Waals surface area contributed by atoms with Gasteiger partial charge >= 0.3 is 0 Å². The van der Waals surface area contributed by atoms with Crippen LogP contribution in [-0.4, -0.2) is 98.3 Å². The lowest BCUT2D eigenvalue weighted by Gasteiger charge is -2.16. The van der Waals surface area contributed by atoms with E-state index in [1.807, 2.05) is 0 Å². The van der Waals surface area contributed by atoms with E-state index in [0.717, 1.165) is 26.4 Å². The van der Waals surface area contributed by atoms with Gasteiger partial charge in [-0.3, -0.25) is 19.2 Å². The van der Waals surface area contributed by atoms with Crippen molar-refractivity contribution in [1.29, 1.82) is 0 Å². The number of aromatic nitrogens is 2. The van der Waals surface area contributed by atoms with Crippen molar-refractivity contribution >= 4 is 23.4 Å². The first-order valence-corrected chi connectivity index (χ1v) is 19.4. The molecule has 0 radical (unpaired) electrons. The number of rotatable bonds is 14. The molecule has 0 bridgehead atoms. The van der Waals surface area contributed by atoms with Crippen molar-refractivity contribution in [1.82, 2.24) is 20.6 Å². The molecule has 4 heterocycles. The lowest BCUT2D eigenvalue weighted by molar-refractivity contribution is 0.0936. The van der Waals surface area contributed by atoms with E-state index < -0.39 is 24.0 Å². The van der Waals surface area contributed by atoms with Gasteiger partial charge in [0.25, 0.3) is 11.8 Å². The maximum atomic E-state index is 12.9. The van der Waals surface area contributed by atoms with Crippen LogP contribution in [0.2, 0.25) is 0 Å². The molecule has 4 fully saturated rings. The van der Waals surface area contributed by atoms with Crippen LogP contribution in [0.15, 0.2) is 72.8 Å². The minimum absolute atomic E-state index is 0.0505. The predicted octanol–water partition coefficient (Wildman–Crippen LogP) is 3.99. The summed E-state index contributed by atoms with van der Waals surface area (Å²) < 4.78 is 21.4. The number of fused-ring (bicyclic) bond motifs is 2. The fourth-order valence-corrected chi connectivity index (χ4v) is 8.29. The van der Waals surface area contributed by atoms with Crippen LogP contribution >= 0.6 is 0 Å². The molecular weight excluding hydrogens is 745 g/mol. The van der Waals surface area contributed by atoms with Gasteiger partial charge in [-0.05, 0) is 71.9 Å². The van der Waals surface area contributed by atoms with Gasteiger partial charge in [0.05, 0.1) is 52.0 Å². The zero-order chi connectivity index (χ0) is 41.1. The van der Waals surface area contributed by atoms with Gasteiger partial charge in [-0.2, -0.15) is 0 Å². The standard InChI is InChI=1S/2C22H24N2O5/c2*1-23-22(27)18-8-12(19(25)9-14-15-10-29-11-16(14)15)7-17(24-18)21(26)13-5-3-4-6-20(13)28-2/h2*3-8,14-16,21,26H,9-11H2,1-2H3,(H,23,27)/t2*14?,15-,16+,21-/m10/s1. The molecule has 58 heavy (non-hydrogen) atoms. The quantitative estimate of drug-likeness (QED) is 0.134. The fraction of sp³-hybridized carbons (Fsp3) is 0.409. The van der Waals surface area contributed by atoms with Crippen LogP contribution in [0.25, 0.3) is 0 Å². The molecule has 2 aliphatic heterocycles. The number of nitrogens with zero attached hydrogens (tertiary/aromatic N) is 2. The van der Waals surface area contributed by atoms with Gasteiger partial charge < -0.3 is 39.8 Å². The number of nitrogens with one attached hydrogen (secondary N) is 2. The topological polar surface area (TPSA) is 196 Å². The number of para-hydroxylation sites is 2. The first-order valence-electron chi connectivity index (χ1n) is 19.4. The van der Waals surface area contributed by atoms with Crippen LogP contribution in [-0.2, 0) is 9.47 Å². The molecule has 8 rings (SSSR count). The summed E-state index contributed by atoms with van der Waals surface area (Å²) in [6, 6.07) is 20.2. The number of ketones is 2. The van der Waals surface area contributed by atoms with Crippen molar-refractivity contribution in [3.05, 3.63) is 118 Å². The molecule has 2 saturated carbocycles. The van der Waals surface area contributed by atoms with Crippen LogP contribution in [0.4, 0.5) is 0 Å². The number of aliphatic hydroxyl groups excluding tert-OH is 2. The third-order valence-corrected chi connectivity index (χ3v) is 11.8. The molecule has 14 nitrogen and oxygen atoms in total. The highest BCUT2D eigenvalue weighted by molar-refractivity contribution is 6.01. The Hall–Kier alpha value is -5.54. The second-order valence-electron chi connectivity index (χ2n) is 15.1. The molecule has 4 aromatic rings. The van der Waals surface area contributed by atoms with Crippen molar-refractivity contribution in [2.45, 2.75) is 25.0 Å². The van der Waals surface area contributed by atoms with Crippen molar-refractivity contribution in [2.24, 2.45) is 35.5 Å². The van der Waals surface area contributed by atoms with Gasteiger partial charge in [0.2, 0.25) is 0 Å². The van der Waals surface area contributed by atoms with Crippen molar-refractivity contribution in [3.8, 4) is 11.5 Å². The summed E-state index contributed by atoms with van der Waals surface area (Å²) >= 11 is 0. The first-order chi connectivity index (χ1) is 28.1. The molecule has 2 aromatic carbocycles. The summed E-state index contributed by atoms with van der Waals surface area (Å²) in [4.78, 5) is 58.9. The van der Waals surface area contributed by atoms with Crippen LogP contribution in [0, 0.1) is 35.5 Å². The highest BCUT2D eigenvalue weighted by Gasteiger charge is 2.55. The molecule has 4 aliphatic rings. The monoisotopic (exact) mass is 792 g/mol. The minimum atomic E-state index is -1.13. The lowest BCUT2D eigenvalue weighted by Crippen LogP contribution is -2.21. The Balaban J connectivity index is 0.000000177. The van der Waals surface area contributed by atoms with Gasteiger partial charge in [0.1, 0.15) is 35.1 Å². The fourth-order valence-electron chi connectivity index (χ4n) is 8.29. The molecule has 2 saturated heterocycles. The SMILES string of the molecule is CNC(=O)c1cc(C(=O)CC2[C@H]3COC[C@@H]23)cc([C@@H](O)c2ccccc2OC)n1.CNC(=O)c1cc(C(=O)CC2[C@H]3COC[C@@H]23)cc([C@H](O)c2ccccc2OC)n1. The number of benzene rings is 2. The Morgan fingerprint density at radius 2 is 1.00 bits per heavy atom. The van der Waals surface area contributed by atoms with Gasteiger partial charge in [0, 0.05) is 49.2 Å². The maximum absolute atomic E-state index is 12.9. The van der Waals surface area contributed by atoms with E-state index in [0.29, 0.717) is 82.1 Å². The van der Waals surface area contributed by atoms with Crippen LogP contribution in [0.5, 0.6) is 11.5 Å². The Morgan fingerprint density at radius 3 is 1.34 bits per heavy atom. The van der Waals surface area contributed by atoms with Crippen molar-refractivity contribution in [2.75, 3.05) is 54.7 Å². The first kappa shape index (κ1) is 40.6. The number of pyridine rings is 2. The van der Waals surface area contributed by atoms with E-state index in [-0.39, 0.29) is 34.3 Å². The average Bonchev–Trinajstić information content (AvgIpc) is 3.85. The molecule has 14 heteroatoms. The van der Waals surface area contributed by atoms with E-state index in [4.69, 9.17) is 18.9 Å². The summed E-state index contributed by atoms with van der Waals surface area (Å²) in [6.45, 7) is 2.89.